The van der Waals surface area contributed by atoms with Gasteiger partial charge in [-0.15, -0.1) is 0 Å². The summed E-state index contributed by atoms with van der Waals surface area (Å²) in [6.07, 6.45) is 2.73. The van der Waals surface area contributed by atoms with Gasteiger partial charge in [-0.1, -0.05) is 0 Å². The lowest BCUT2D eigenvalue weighted by atomic mass is 9.94. The van der Waals surface area contributed by atoms with Crippen LogP contribution in [0.5, 0.6) is 0 Å². The SMILES string of the molecule is CNC(C)(CCCCN(CCOC)CCOC)C(N)=O. The summed E-state index contributed by atoms with van der Waals surface area (Å²) < 4.78 is 10.2. The van der Waals surface area contributed by atoms with Crippen molar-refractivity contribution < 1.29 is 14.3 Å². The molecule has 6 heteroatoms. The molecule has 0 aliphatic rings. The van der Waals surface area contributed by atoms with E-state index in [1.165, 1.54) is 0 Å². The van der Waals surface area contributed by atoms with Gasteiger partial charge in [-0.25, -0.2) is 0 Å². The number of primary amides is 1. The summed E-state index contributed by atoms with van der Waals surface area (Å²) in [5.41, 5.74) is 4.80. The molecule has 0 saturated carbocycles. The Kier molecular flexibility index (Phi) is 10.6. The van der Waals surface area contributed by atoms with Crippen LogP contribution in [0.4, 0.5) is 0 Å². The van der Waals surface area contributed by atoms with Crippen LogP contribution in [0.1, 0.15) is 26.2 Å². The largest absolute Gasteiger partial charge is 0.383 e. The van der Waals surface area contributed by atoms with Gasteiger partial charge in [-0.05, 0) is 39.8 Å². The lowest BCUT2D eigenvalue weighted by Crippen LogP contribution is -2.51. The zero-order chi connectivity index (χ0) is 15.4. The van der Waals surface area contributed by atoms with Crippen LogP contribution in [0.3, 0.4) is 0 Å². The fraction of sp³-hybridized carbons (Fsp3) is 0.929. The van der Waals surface area contributed by atoms with Gasteiger partial charge in [-0.2, -0.15) is 0 Å². The Morgan fingerprint density at radius 3 is 2.10 bits per heavy atom. The zero-order valence-corrected chi connectivity index (χ0v) is 13.4. The van der Waals surface area contributed by atoms with Crippen LogP contribution in [0.25, 0.3) is 0 Å². The molecule has 1 atom stereocenters. The second-order valence-electron chi connectivity index (χ2n) is 5.23. The number of hydrogen-bond donors (Lipinski definition) is 2. The van der Waals surface area contributed by atoms with Gasteiger partial charge in [0, 0.05) is 27.3 Å². The predicted molar refractivity (Wildman–Crippen MR) is 80.7 cm³/mol. The Labute approximate surface area is 123 Å². The minimum atomic E-state index is -0.607. The summed E-state index contributed by atoms with van der Waals surface area (Å²) in [4.78, 5) is 13.7. The number of nitrogens with two attached hydrogens (primary N) is 1. The van der Waals surface area contributed by atoms with Gasteiger partial charge in [0.05, 0.1) is 18.8 Å². The van der Waals surface area contributed by atoms with Crippen LogP contribution in [0, 0.1) is 0 Å². The molecular formula is C14H31N3O3. The average Bonchev–Trinajstić information content (AvgIpc) is 2.44. The summed E-state index contributed by atoms with van der Waals surface area (Å²) in [7, 11) is 5.19. The molecule has 120 valence electrons. The topological polar surface area (TPSA) is 76.8 Å². The van der Waals surface area contributed by atoms with E-state index in [1.54, 1.807) is 21.3 Å². The normalized spacial score (nSPS) is 14.4. The molecule has 3 N–H and O–H groups in total. The maximum absolute atomic E-state index is 11.4. The summed E-state index contributed by atoms with van der Waals surface area (Å²) in [5.74, 6) is -0.296. The molecule has 0 bridgehead atoms. The Morgan fingerprint density at radius 1 is 1.15 bits per heavy atom. The molecule has 0 spiro atoms. The van der Waals surface area contributed by atoms with Crippen molar-refractivity contribution in [2.24, 2.45) is 5.73 Å². The quantitative estimate of drug-likeness (QED) is 0.474. The van der Waals surface area contributed by atoms with Crippen LogP contribution >= 0.6 is 0 Å². The molecule has 0 fully saturated rings. The van der Waals surface area contributed by atoms with Crippen molar-refractivity contribution in [3.05, 3.63) is 0 Å². The third-order valence-corrected chi connectivity index (χ3v) is 3.72. The first-order valence-electron chi connectivity index (χ1n) is 7.19. The van der Waals surface area contributed by atoms with Crippen molar-refractivity contribution in [1.29, 1.82) is 0 Å². The average molecular weight is 289 g/mol. The second kappa shape index (κ2) is 11.0. The number of rotatable bonds is 13. The van der Waals surface area contributed by atoms with E-state index in [0.717, 1.165) is 52.1 Å². The molecular weight excluding hydrogens is 258 g/mol. The van der Waals surface area contributed by atoms with E-state index in [-0.39, 0.29) is 5.91 Å². The van der Waals surface area contributed by atoms with Gasteiger partial charge in [0.2, 0.25) is 5.91 Å². The lowest BCUT2D eigenvalue weighted by Gasteiger charge is -2.26. The number of hydrogen-bond acceptors (Lipinski definition) is 5. The van der Waals surface area contributed by atoms with E-state index < -0.39 is 5.54 Å². The number of nitrogens with zero attached hydrogens (tertiary/aromatic N) is 1. The van der Waals surface area contributed by atoms with Crippen LogP contribution in [0.15, 0.2) is 0 Å². The van der Waals surface area contributed by atoms with Crippen LogP contribution in [-0.2, 0) is 14.3 Å². The number of amides is 1. The molecule has 0 aromatic heterocycles. The van der Waals surface area contributed by atoms with Gasteiger partial charge >= 0.3 is 0 Å². The maximum atomic E-state index is 11.4. The number of carbonyl (C=O) groups excluding carboxylic acids is 1. The molecule has 1 unspecified atom stereocenters. The van der Waals surface area contributed by atoms with Crippen LogP contribution in [0.2, 0.25) is 0 Å². The van der Waals surface area contributed by atoms with Gasteiger partial charge in [0.1, 0.15) is 0 Å². The molecule has 20 heavy (non-hydrogen) atoms. The van der Waals surface area contributed by atoms with E-state index in [0.29, 0.717) is 0 Å². The molecule has 0 aromatic carbocycles. The summed E-state index contributed by atoms with van der Waals surface area (Å²) in [6, 6.07) is 0. The van der Waals surface area contributed by atoms with Gasteiger partial charge in [-0.3, -0.25) is 9.69 Å². The number of ether oxygens (including phenoxy) is 2. The molecule has 0 heterocycles. The van der Waals surface area contributed by atoms with Crippen molar-refractivity contribution in [2.45, 2.75) is 31.7 Å². The van der Waals surface area contributed by atoms with E-state index in [2.05, 4.69) is 10.2 Å². The molecule has 0 saturated heterocycles. The fourth-order valence-electron chi connectivity index (χ4n) is 1.96. The van der Waals surface area contributed by atoms with Gasteiger partial charge in [0.15, 0.2) is 0 Å². The van der Waals surface area contributed by atoms with Gasteiger partial charge in [0.25, 0.3) is 0 Å². The molecule has 0 rings (SSSR count). The molecule has 0 radical (unpaired) electrons. The van der Waals surface area contributed by atoms with Crippen molar-refractivity contribution in [3.8, 4) is 0 Å². The van der Waals surface area contributed by atoms with Crippen molar-refractivity contribution >= 4 is 5.91 Å². The van der Waals surface area contributed by atoms with Crippen LogP contribution in [-0.4, -0.2) is 70.5 Å². The summed E-state index contributed by atoms with van der Waals surface area (Å²) in [5, 5.41) is 3.01. The van der Waals surface area contributed by atoms with E-state index in [4.69, 9.17) is 15.2 Å². The van der Waals surface area contributed by atoms with Crippen LogP contribution < -0.4 is 11.1 Å². The minimum absolute atomic E-state index is 0.296. The van der Waals surface area contributed by atoms with Crippen molar-refractivity contribution in [2.75, 3.05) is 54.1 Å². The first kappa shape index (κ1) is 19.3. The third kappa shape index (κ3) is 7.79. The molecule has 0 aliphatic carbocycles. The number of likely N-dealkylation sites (N-methyl/N-ethyl adjacent to an activating group) is 1. The third-order valence-electron chi connectivity index (χ3n) is 3.72. The number of nitrogens with one attached hydrogen (secondary N) is 1. The maximum Gasteiger partial charge on any atom is 0.237 e. The number of unbranched alkanes of at least 4 members (excludes halogenated alkanes) is 1. The van der Waals surface area contributed by atoms with Gasteiger partial charge < -0.3 is 20.5 Å². The molecule has 0 aromatic rings. The van der Waals surface area contributed by atoms with E-state index >= 15 is 0 Å². The fourth-order valence-corrected chi connectivity index (χ4v) is 1.96. The monoisotopic (exact) mass is 289 g/mol. The Bertz CT molecular complexity index is 256. The highest BCUT2D eigenvalue weighted by atomic mass is 16.5. The highest BCUT2D eigenvalue weighted by molar-refractivity contribution is 5.84. The molecule has 1 amide bonds. The number of carbonyl (C=O) groups is 1. The summed E-state index contributed by atoms with van der Waals surface area (Å²) >= 11 is 0. The number of methoxy groups -OCH3 is 2. The molecule has 6 nitrogen and oxygen atoms in total. The highest BCUT2D eigenvalue weighted by Crippen LogP contribution is 2.13. The Hall–Kier alpha value is -0.690. The predicted octanol–water partition coefficient (Wildman–Crippen LogP) is 0.215. The Morgan fingerprint density at radius 2 is 1.70 bits per heavy atom. The molecule has 0 aliphatic heterocycles. The van der Waals surface area contributed by atoms with E-state index in [9.17, 15) is 4.79 Å². The van der Waals surface area contributed by atoms with E-state index in [1.807, 2.05) is 6.92 Å². The lowest BCUT2D eigenvalue weighted by molar-refractivity contribution is -0.123. The smallest absolute Gasteiger partial charge is 0.237 e. The first-order chi connectivity index (χ1) is 9.50. The zero-order valence-electron chi connectivity index (χ0n) is 13.4. The standard InChI is InChI=1S/C14H31N3O3/c1-14(16-2,13(15)18)7-5-6-8-17(9-11-19-3)10-12-20-4/h16H,5-12H2,1-4H3,(H2,15,18). The van der Waals surface area contributed by atoms with Crippen molar-refractivity contribution in [1.82, 2.24) is 10.2 Å². The Balaban J connectivity index is 4.00. The highest BCUT2D eigenvalue weighted by Gasteiger charge is 2.27. The minimum Gasteiger partial charge on any atom is -0.383 e. The van der Waals surface area contributed by atoms with Crippen molar-refractivity contribution in [3.63, 3.8) is 0 Å². The summed E-state index contributed by atoms with van der Waals surface area (Å²) in [6.45, 7) is 6.07. The second-order valence-corrected chi connectivity index (χ2v) is 5.23. The first-order valence-corrected chi connectivity index (χ1v) is 7.19.